The van der Waals surface area contributed by atoms with Crippen molar-refractivity contribution in [3.05, 3.63) is 11.6 Å². The van der Waals surface area contributed by atoms with Gasteiger partial charge in [0.1, 0.15) is 0 Å². The summed E-state index contributed by atoms with van der Waals surface area (Å²) in [4.78, 5) is 0. The molecule has 0 N–H and O–H groups in total. The highest BCUT2D eigenvalue weighted by Gasteiger charge is 2.55. The Hall–Kier alpha value is -0.260. The fourth-order valence-electron chi connectivity index (χ4n) is 5.04. The van der Waals surface area contributed by atoms with Gasteiger partial charge >= 0.3 is 0 Å². The van der Waals surface area contributed by atoms with Crippen molar-refractivity contribution in [2.75, 3.05) is 0 Å². The Morgan fingerprint density at radius 1 is 1.27 bits per heavy atom. The van der Waals surface area contributed by atoms with E-state index in [1.165, 1.54) is 12.8 Å². The molecule has 0 amide bonds. The molecule has 0 radical (unpaired) electrons. The van der Waals surface area contributed by atoms with Crippen LogP contribution in [-0.2, 0) is 0 Å². The summed E-state index contributed by atoms with van der Waals surface area (Å²) < 4.78 is 0. The van der Waals surface area contributed by atoms with E-state index < -0.39 is 0 Å². The largest absolute Gasteiger partial charge is 0.0810 e. The lowest BCUT2D eigenvalue weighted by atomic mass is 9.67. The van der Waals surface area contributed by atoms with Gasteiger partial charge in [-0.05, 0) is 47.8 Å². The minimum Gasteiger partial charge on any atom is -0.0810 e. The molecule has 3 aliphatic rings. The van der Waals surface area contributed by atoms with E-state index in [0.717, 1.165) is 41.4 Å². The van der Waals surface area contributed by atoms with Gasteiger partial charge in [0.15, 0.2) is 0 Å². The molecule has 7 unspecified atom stereocenters. The first-order valence-electron chi connectivity index (χ1n) is 6.86. The zero-order valence-corrected chi connectivity index (χ0v) is 10.5. The van der Waals surface area contributed by atoms with E-state index in [0.29, 0.717) is 0 Å². The summed E-state index contributed by atoms with van der Waals surface area (Å²) in [5.41, 5.74) is 1.86. The van der Waals surface area contributed by atoms with Gasteiger partial charge in [0.25, 0.3) is 0 Å². The third-order valence-corrected chi connectivity index (χ3v) is 5.97. The highest BCUT2D eigenvalue weighted by molar-refractivity contribution is 5.31. The highest BCUT2D eigenvalue weighted by Crippen LogP contribution is 2.62. The molecule has 1 saturated carbocycles. The summed E-state index contributed by atoms with van der Waals surface area (Å²) in [6.07, 6.45) is 5.56. The molecule has 84 valence electrons. The van der Waals surface area contributed by atoms with Crippen LogP contribution < -0.4 is 0 Å². The molecule has 0 spiro atoms. The van der Waals surface area contributed by atoms with Gasteiger partial charge in [-0.3, -0.25) is 0 Å². The van der Waals surface area contributed by atoms with E-state index in [1.807, 2.05) is 5.57 Å². The second kappa shape index (κ2) is 3.12. The minimum atomic E-state index is 0.897. The van der Waals surface area contributed by atoms with Crippen molar-refractivity contribution in [2.45, 2.75) is 40.5 Å². The van der Waals surface area contributed by atoms with E-state index in [2.05, 4.69) is 33.8 Å². The monoisotopic (exact) mass is 204 g/mol. The number of fused-ring (bicyclic) bond motifs is 4. The van der Waals surface area contributed by atoms with Crippen LogP contribution in [0.2, 0.25) is 0 Å². The van der Waals surface area contributed by atoms with Crippen LogP contribution in [0.4, 0.5) is 0 Å². The Morgan fingerprint density at radius 3 is 2.67 bits per heavy atom. The third kappa shape index (κ3) is 1.09. The highest BCUT2D eigenvalue weighted by atomic mass is 14.6. The summed E-state index contributed by atoms with van der Waals surface area (Å²) in [5.74, 6) is 6.76. The second-order valence-corrected chi connectivity index (χ2v) is 6.37. The van der Waals surface area contributed by atoms with Crippen LogP contribution >= 0.6 is 0 Å². The van der Waals surface area contributed by atoms with Gasteiger partial charge < -0.3 is 0 Å². The quantitative estimate of drug-likeness (QED) is 0.563. The van der Waals surface area contributed by atoms with Crippen LogP contribution in [0.15, 0.2) is 11.6 Å². The van der Waals surface area contributed by atoms with Crippen molar-refractivity contribution < 1.29 is 0 Å². The molecule has 0 heterocycles. The maximum atomic E-state index is 2.68. The molecule has 0 aromatic carbocycles. The number of hydrogen-bond acceptors (Lipinski definition) is 0. The fraction of sp³-hybridized carbons (Fsp3) is 0.867. The average molecular weight is 204 g/mol. The molecule has 3 aliphatic carbocycles. The van der Waals surface area contributed by atoms with Crippen molar-refractivity contribution in [1.82, 2.24) is 0 Å². The maximum Gasteiger partial charge on any atom is -0.0138 e. The molecule has 7 atom stereocenters. The standard InChI is InChI=1S/C15H24/c1-5-11-10(4)12-7-13(11)14-6-8(2)9(3)15(12)14/h7-11,13-15H,5-6H2,1-4H3. The molecule has 0 heteroatoms. The first-order valence-corrected chi connectivity index (χ1v) is 6.86. The summed E-state index contributed by atoms with van der Waals surface area (Å²) in [6.45, 7) is 9.82. The SMILES string of the molecule is CCC1C(C)C2=CC1C1CC(C)C(C)C21. The average Bonchev–Trinajstić information content (AvgIpc) is 2.79. The van der Waals surface area contributed by atoms with Crippen molar-refractivity contribution in [2.24, 2.45) is 41.4 Å². The van der Waals surface area contributed by atoms with Crippen LogP contribution in [0, 0.1) is 41.4 Å². The minimum absolute atomic E-state index is 0.897. The number of allylic oxidation sites excluding steroid dienone is 2. The molecule has 0 saturated heterocycles. The third-order valence-electron chi connectivity index (χ3n) is 5.97. The molecule has 3 rings (SSSR count). The Bertz CT molecular complexity index is 301. The first kappa shape index (κ1) is 9.93. The summed E-state index contributed by atoms with van der Waals surface area (Å²) >= 11 is 0. The fourth-order valence-corrected chi connectivity index (χ4v) is 5.04. The molecule has 15 heavy (non-hydrogen) atoms. The lowest BCUT2D eigenvalue weighted by molar-refractivity contribution is 0.171. The number of rotatable bonds is 1. The van der Waals surface area contributed by atoms with Gasteiger partial charge in [0.05, 0.1) is 0 Å². The van der Waals surface area contributed by atoms with Crippen molar-refractivity contribution in [3.8, 4) is 0 Å². The zero-order chi connectivity index (χ0) is 10.7. The van der Waals surface area contributed by atoms with Crippen LogP contribution in [0.3, 0.4) is 0 Å². The van der Waals surface area contributed by atoms with Gasteiger partial charge in [0.2, 0.25) is 0 Å². The number of hydrogen-bond donors (Lipinski definition) is 0. The van der Waals surface area contributed by atoms with Crippen LogP contribution in [-0.4, -0.2) is 0 Å². The predicted molar refractivity (Wildman–Crippen MR) is 64.4 cm³/mol. The normalized spacial score (nSPS) is 57.1. The van der Waals surface area contributed by atoms with Crippen LogP contribution in [0.1, 0.15) is 40.5 Å². The Morgan fingerprint density at radius 2 is 2.00 bits per heavy atom. The summed E-state index contributed by atoms with van der Waals surface area (Å²) in [7, 11) is 0. The van der Waals surface area contributed by atoms with Gasteiger partial charge in [0, 0.05) is 0 Å². The van der Waals surface area contributed by atoms with Gasteiger partial charge in [-0.1, -0.05) is 45.8 Å². The molecular weight excluding hydrogens is 180 g/mol. The van der Waals surface area contributed by atoms with Crippen molar-refractivity contribution >= 4 is 0 Å². The molecule has 0 aliphatic heterocycles. The van der Waals surface area contributed by atoms with E-state index in [1.54, 1.807) is 0 Å². The summed E-state index contributed by atoms with van der Waals surface area (Å²) in [5, 5.41) is 0. The summed E-state index contributed by atoms with van der Waals surface area (Å²) in [6, 6.07) is 0. The molecule has 0 nitrogen and oxygen atoms in total. The predicted octanol–water partition coefficient (Wildman–Crippen LogP) is 4.13. The van der Waals surface area contributed by atoms with Gasteiger partial charge in [-0.15, -0.1) is 0 Å². The Kier molecular flexibility index (Phi) is 2.06. The van der Waals surface area contributed by atoms with Crippen LogP contribution in [0.25, 0.3) is 0 Å². The van der Waals surface area contributed by atoms with E-state index in [9.17, 15) is 0 Å². The first-order chi connectivity index (χ1) is 7.15. The lowest BCUT2D eigenvalue weighted by Crippen LogP contribution is -2.31. The van der Waals surface area contributed by atoms with Crippen molar-refractivity contribution in [3.63, 3.8) is 0 Å². The molecular formula is C15H24. The van der Waals surface area contributed by atoms with Gasteiger partial charge in [-0.25, -0.2) is 0 Å². The van der Waals surface area contributed by atoms with E-state index in [4.69, 9.17) is 0 Å². The molecule has 0 aromatic rings. The van der Waals surface area contributed by atoms with E-state index >= 15 is 0 Å². The molecule has 2 bridgehead atoms. The maximum absolute atomic E-state index is 2.68. The van der Waals surface area contributed by atoms with Gasteiger partial charge in [-0.2, -0.15) is 0 Å². The molecule has 0 aromatic heterocycles. The lowest BCUT2D eigenvalue weighted by Gasteiger charge is -2.37. The van der Waals surface area contributed by atoms with Crippen LogP contribution in [0.5, 0.6) is 0 Å². The smallest absolute Gasteiger partial charge is 0.0138 e. The van der Waals surface area contributed by atoms with E-state index in [-0.39, 0.29) is 0 Å². The topological polar surface area (TPSA) is 0 Å². The van der Waals surface area contributed by atoms with Crippen molar-refractivity contribution in [1.29, 1.82) is 0 Å². The molecule has 1 fully saturated rings. The Balaban J connectivity index is 1.91. The Labute approximate surface area is 94.1 Å². The second-order valence-electron chi connectivity index (χ2n) is 6.37. The zero-order valence-electron chi connectivity index (χ0n) is 10.5.